The number of carbonyl (C=O) groups excluding carboxylic acids is 1. The minimum Gasteiger partial charge on any atom is -0.351 e. The molecule has 1 N–H and O–H groups in total. The van der Waals surface area contributed by atoms with Crippen LogP contribution in [0.15, 0.2) is 42.5 Å². The van der Waals surface area contributed by atoms with Crippen molar-refractivity contribution in [1.29, 1.82) is 0 Å². The first-order valence-electron chi connectivity index (χ1n) is 9.78. The molecule has 28 heavy (non-hydrogen) atoms. The maximum absolute atomic E-state index is 13.6. The molecule has 2 aromatic carbocycles. The first-order valence-corrected chi connectivity index (χ1v) is 10.6. The number of benzene rings is 2. The van der Waals surface area contributed by atoms with Gasteiger partial charge in [0.1, 0.15) is 5.82 Å². The van der Waals surface area contributed by atoms with E-state index in [4.69, 9.17) is 4.98 Å². The van der Waals surface area contributed by atoms with E-state index in [0.29, 0.717) is 0 Å². The summed E-state index contributed by atoms with van der Waals surface area (Å²) >= 11 is 1.51. The SMILES string of the molecule is CC(=O)N[C@@H]1CCN(c2nc3ccc(F)cc3s2)[C@@H]1c1ccc(C2CC2)cc1. The zero-order valence-electron chi connectivity index (χ0n) is 15.7. The van der Waals surface area contributed by atoms with E-state index in [9.17, 15) is 9.18 Å². The van der Waals surface area contributed by atoms with Gasteiger partial charge in [-0.05, 0) is 54.5 Å². The summed E-state index contributed by atoms with van der Waals surface area (Å²) in [6.07, 6.45) is 3.43. The molecular weight excluding hydrogens is 373 g/mol. The van der Waals surface area contributed by atoms with Gasteiger partial charge in [-0.25, -0.2) is 9.37 Å². The van der Waals surface area contributed by atoms with Crippen LogP contribution in [-0.4, -0.2) is 23.5 Å². The van der Waals surface area contributed by atoms with Gasteiger partial charge in [-0.2, -0.15) is 0 Å². The first kappa shape index (κ1) is 17.6. The topological polar surface area (TPSA) is 45.2 Å². The summed E-state index contributed by atoms with van der Waals surface area (Å²) in [7, 11) is 0. The molecule has 144 valence electrons. The van der Waals surface area contributed by atoms with Crippen LogP contribution in [0.5, 0.6) is 0 Å². The molecule has 1 aliphatic heterocycles. The molecule has 1 aliphatic carbocycles. The van der Waals surface area contributed by atoms with E-state index in [2.05, 4.69) is 34.5 Å². The van der Waals surface area contributed by atoms with Crippen LogP contribution in [0.1, 0.15) is 49.3 Å². The maximum Gasteiger partial charge on any atom is 0.217 e. The summed E-state index contributed by atoms with van der Waals surface area (Å²) in [5, 5.41) is 4.00. The van der Waals surface area contributed by atoms with E-state index in [0.717, 1.165) is 34.2 Å². The predicted octanol–water partition coefficient (Wildman–Crippen LogP) is 4.77. The predicted molar refractivity (Wildman–Crippen MR) is 110 cm³/mol. The van der Waals surface area contributed by atoms with Crippen LogP contribution in [0.3, 0.4) is 0 Å². The smallest absolute Gasteiger partial charge is 0.217 e. The van der Waals surface area contributed by atoms with Gasteiger partial charge in [0.25, 0.3) is 0 Å². The van der Waals surface area contributed by atoms with E-state index in [1.54, 1.807) is 13.0 Å². The zero-order chi connectivity index (χ0) is 19.3. The Labute approximate surface area is 167 Å². The number of carbonyl (C=O) groups is 1. The Balaban J connectivity index is 1.51. The molecule has 5 rings (SSSR count). The fourth-order valence-electron chi connectivity index (χ4n) is 4.22. The molecule has 0 bridgehead atoms. The van der Waals surface area contributed by atoms with Crippen molar-refractivity contribution in [2.45, 2.75) is 44.2 Å². The molecule has 0 spiro atoms. The number of rotatable bonds is 4. The van der Waals surface area contributed by atoms with E-state index in [-0.39, 0.29) is 23.8 Å². The fourth-order valence-corrected chi connectivity index (χ4v) is 5.28. The molecule has 3 aromatic rings. The van der Waals surface area contributed by atoms with Gasteiger partial charge in [0.05, 0.1) is 22.3 Å². The number of fused-ring (bicyclic) bond motifs is 1. The highest BCUT2D eigenvalue weighted by Gasteiger charge is 2.37. The third kappa shape index (κ3) is 3.26. The molecule has 1 saturated carbocycles. The lowest BCUT2D eigenvalue weighted by molar-refractivity contribution is -0.119. The van der Waals surface area contributed by atoms with Gasteiger partial charge >= 0.3 is 0 Å². The lowest BCUT2D eigenvalue weighted by Crippen LogP contribution is -2.38. The maximum atomic E-state index is 13.6. The highest BCUT2D eigenvalue weighted by molar-refractivity contribution is 7.22. The molecule has 0 unspecified atom stereocenters. The Morgan fingerprint density at radius 1 is 1.14 bits per heavy atom. The van der Waals surface area contributed by atoms with E-state index >= 15 is 0 Å². The summed E-state index contributed by atoms with van der Waals surface area (Å²) in [6, 6.07) is 13.6. The monoisotopic (exact) mass is 395 g/mol. The summed E-state index contributed by atoms with van der Waals surface area (Å²) < 4.78 is 14.4. The Morgan fingerprint density at radius 3 is 2.61 bits per heavy atom. The van der Waals surface area contributed by atoms with Gasteiger partial charge in [0.15, 0.2) is 5.13 Å². The first-order chi connectivity index (χ1) is 13.6. The highest BCUT2D eigenvalue weighted by atomic mass is 32.1. The summed E-state index contributed by atoms with van der Waals surface area (Å²) in [5.74, 6) is 0.462. The third-order valence-corrected chi connectivity index (χ3v) is 6.75. The number of amides is 1. The molecule has 2 heterocycles. The average Bonchev–Trinajstić information content (AvgIpc) is 3.31. The molecule has 0 radical (unpaired) electrons. The second-order valence-corrected chi connectivity index (χ2v) is 8.79. The Morgan fingerprint density at radius 2 is 1.89 bits per heavy atom. The van der Waals surface area contributed by atoms with Crippen molar-refractivity contribution in [3.05, 3.63) is 59.4 Å². The van der Waals surface area contributed by atoms with E-state index in [1.807, 2.05) is 0 Å². The minimum absolute atomic E-state index is 0.0159. The number of hydrogen-bond acceptors (Lipinski definition) is 4. The van der Waals surface area contributed by atoms with Crippen LogP contribution < -0.4 is 10.2 Å². The number of thiazole rings is 1. The lowest BCUT2D eigenvalue weighted by atomic mass is 9.98. The van der Waals surface area contributed by atoms with Gasteiger partial charge in [-0.15, -0.1) is 0 Å². The molecule has 6 heteroatoms. The van der Waals surface area contributed by atoms with Gasteiger partial charge < -0.3 is 10.2 Å². The van der Waals surface area contributed by atoms with E-state index < -0.39 is 0 Å². The number of nitrogens with one attached hydrogen (secondary N) is 1. The molecule has 1 saturated heterocycles. The normalized spacial score (nSPS) is 22.0. The van der Waals surface area contributed by atoms with Crippen LogP contribution in [0, 0.1) is 5.82 Å². The van der Waals surface area contributed by atoms with Crippen LogP contribution >= 0.6 is 11.3 Å². The standard InChI is InChI=1S/C22H22FN3OS/c1-13(27)24-19-10-11-26(22-25-18-9-8-17(23)12-20(18)28-22)21(19)16-6-4-15(5-7-16)14-2-3-14/h4-9,12,14,19,21H,2-3,10-11H2,1H3,(H,24,27)/t19-,21-/m1/s1. The molecule has 1 aromatic heterocycles. The van der Waals surface area contributed by atoms with Crippen molar-refractivity contribution in [2.24, 2.45) is 0 Å². The number of halogens is 1. The number of hydrogen-bond donors (Lipinski definition) is 1. The molecule has 1 amide bonds. The average molecular weight is 396 g/mol. The van der Waals surface area contributed by atoms with Crippen molar-refractivity contribution in [1.82, 2.24) is 10.3 Å². The molecule has 2 atom stereocenters. The summed E-state index contributed by atoms with van der Waals surface area (Å²) in [4.78, 5) is 18.8. The van der Waals surface area contributed by atoms with Crippen LogP contribution in [0.4, 0.5) is 9.52 Å². The van der Waals surface area contributed by atoms with Crippen molar-refractivity contribution in [2.75, 3.05) is 11.4 Å². The van der Waals surface area contributed by atoms with Crippen LogP contribution in [-0.2, 0) is 4.79 Å². The quantitative estimate of drug-likeness (QED) is 0.692. The van der Waals surface area contributed by atoms with Crippen LogP contribution in [0.25, 0.3) is 10.2 Å². The number of anilines is 1. The number of aromatic nitrogens is 1. The van der Waals surface area contributed by atoms with Crippen molar-refractivity contribution < 1.29 is 9.18 Å². The number of nitrogens with zero attached hydrogens (tertiary/aromatic N) is 2. The minimum atomic E-state index is -0.243. The largest absolute Gasteiger partial charge is 0.351 e. The zero-order valence-corrected chi connectivity index (χ0v) is 16.5. The van der Waals surface area contributed by atoms with Gasteiger partial charge in [0, 0.05) is 13.5 Å². The third-order valence-electron chi connectivity index (χ3n) is 5.70. The molecule has 4 nitrogen and oxygen atoms in total. The second-order valence-electron chi connectivity index (χ2n) is 7.78. The van der Waals surface area contributed by atoms with Crippen molar-refractivity contribution >= 4 is 32.6 Å². The fraction of sp³-hybridized carbons (Fsp3) is 0.364. The van der Waals surface area contributed by atoms with Gasteiger partial charge in [0.2, 0.25) is 5.91 Å². The van der Waals surface area contributed by atoms with Gasteiger partial charge in [-0.1, -0.05) is 35.6 Å². The second kappa shape index (κ2) is 6.85. The van der Waals surface area contributed by atoms with Crippen molar-refractivity contribution in [3.63, 3.8) is 0 Å². The molecular formula is C22H22FN3OS. The Kier molecular flexibility index (Phi) is 4.31. The summed E-state index contributed by atoms with van der Waals surface area (Å²) in [6.45, 7) is 2.37. The van der Waals surface area contributed by atoms with E-state index in [1.165, 1.54) is 47.4 Å². The summed E-state index contributed by atoms with van der Waals surface area (Å²) in [5.41, 5.74) is 3.40. The molecule has 2 aliphatic rings. The van der Waals surface area contributed by atoms with Crippen molar-refractivity contribution in [3.8, 4) is 0 Å². The lowest BCUT2D eigenvalue weighted by Gasteiger charge is -2.28. The van der Waals surface area contributed by atoms with Gasteiger partial charge in [-0.3, -0.25) is 4.79 Å². The molecule has 2 fully saturated rings. The highest BCUT2D eigenvalue weighted by Crippen LogP contribution is 2.43. The Hall–Kier alpha value is -2.47. The van der Waals surface area contributed by atoms with Crippen LogP contribution in [0.2, 0.25) is 0 Å². The Bertz CT molecular complexity index is 1030.